The second kappa shape index (κ2) is 52.7. The summed E-state index contributed by atoms with van der Waals surface area (Å²) in [6, 6.07) is 64.9. The molecule has 10 aromatic rings. The van der Waals surface area contributed by atoms with Crippen molar-refractivity contribution in [2.75, 3.05) is 0 Å². The molecule has 0 aliphatic rings. The van der Waals surface area contributed by atoms with Gasteiger partial charge in [-0.3, -0.25) is 0 Å². The third kappa shape index (κ3) is 39.3. The molecule has 0 aliphatic heterocycles. The quantitative estimate of drug-likeness (QED) is 0.0165. The normalized spacial score (nSPS) is 11.4. The molecule has 0 amide bonds. The molecule has 0 spiro atoms. The van der Waals surface area contributed by atoms with Gasteiger partial charge in [-0.15, -0.1) is 116 Å². The molecule has 10 rings (SSSR count). The van der Waals surface area contributed by atoms with Crippen molar-refractivity contribution >= 4 is 213 Å². The molecule has 0 saturated heterocycles. The SMILES string of the molecule is C.C.O=S(=O)([O-])c1cc(S(=O)(=O)c2c[c-]c(F)cc2)ccc1F.O=S(=O)([O-])c1cc(S(=O)(=O)c2c[c-]c(Sc3ccc(Sc4ccc(S)cc4)cc3)cc2)ccc1Sc1ccc(Sc2ccc(S)cc2)cc1.O=S(=O)=O.O=S(=O)=O.Sc1ccc(Sc2ccc(S)cc2)cc1.[2H]S([2H])(F)(=P)S.[2H]S[3H].[2H][3H].[Na+].[Na+].[Na+].[Na+]. The summed E-state index contributed by atoms with van der Waals surface area (Å²) in [6.07, 6.45) is 0. The van der Waals surface area contributed by atoms with Crippen LogP contribution in [0.15, 0.2) is 316 Å². The maximum absolute atomic E-state index is 13.5. The van der Waals surface area contributed by atoms with Gasteiger partial charge in [-0.2, -0.15) is 53.6 Å². The minimum Gasteiger partial charge on any atom is -0.744 e. The van der Waals surface area contributed by atoms with Crippen molar-refractivity contribution in [3.63, 3.8) is 0 Å². The summed E-state index contributed by atoms with van der Waals surface area (Å²) in [5, 5.41) is 0. The number of sulfone groups is 2. The average molecular weight is 1820 g/mol. The summed E-state index contributed by atoms with van der Waals surface area (Å²) in [5.74, 6) is -2.13. The fourth-order valence-corrected chi connectivity index (χ4v) is 16.0. The van der Waals surface area contributed by atoms with Gasteiger partial charge in [-0.25, -0.2) is 42.5 Å². The molecule has 0 bridgehead atoms. The zero-order valence-corrected chi connectivity index (χ0v) is 76.6. The Morgan fingerprint density at radius 3 is 1.00 bits per heavy atom. The van der Waals surface area contributed by atoms with E-state index in [0.29, 0.717) is 21.9 Å². The molecule has 538 valence electrons. The minimum absolute atomic E-state index is 0. The van der Waals surface area contributed by atoms with E-state index in [1.165, 1.54) is 45.8 Å². The molecule has 16 nitrogen and oxygen atoms in total. The molecule has 0 aliphatic carbocycles. The predicted molar refractivity (Wildman–Crippen MR) is 412 cm³/mol. The summed E-state index contributed by atoms with van der Waals surface area (Å²) in [6.45, 7) is 0. The van der Waals surface area contributed by atoms with Crippen LogP contribution in [0.25, 0.3) is 0 Å². The van der Waals surface area contributed by atoms with E-state index in [1.54, 1.807) is 41.4 Å². The zero-order valence-electron chi connectivity index (χ0n) is 58.5. The Labute approximate surface area is 762 Å². The standard InChI is InChI=1S/C36H25O5S8.C12H7F2O5S2.C12H10S3.2CH4.FH4PS2.4Na.2O3S.H2S.H2/c37-48(38,33-19-17-31(18-20-33)46-29-11-9-28(10-12-29)44-26-5-1-24(42)2-6-26)34-21-22-35(36(23-34)49(39,40)41)47-32-15-13-30(14-16-32)45-27-7-3-25(43)4-8-27;13-8-1-3-9(4-2-8)20(15,16)10-5-6-11(14)12(7-10)21(17,18)19;13-9-1-5-11(6-2-9)15-12-7-3-10(14)4-8-12;;;1-4(2)3;;;;;2*1-4(2)3;;/h1-17,19-23,42-43H,(H,39,40,41);1,3-7H,(H,17,18,19);1-8,13-14H;2*1H4;2-3H,4H2;;;;;;;1H2;1H/q2*-1;;;;;4*+1;;;;/p-2/i;;;;;4D2;;;;;;;;1+2D/hTD. The van der Waals surface area contributed by atoms with Crippen LogP contribution in [0.3, 0.4) is 0 Å². The number of hydrogen-bond donors (Lipinski definition) is 5. The van der Waals surface area contributed by atoms with Crippen LogP contribution < -0.4 is 118 Å². The molecule has 0 aromatic heterocycles. The fourth-order valence-electron chi connectivity index (χ4n) is 7.11. The molecule has 0 radical (unpaired) electrons. The van der Waals surface area contributed by atoms with Crippen LogP contribution in [0.2, 0.25) is 0 Å². The van der Waals surface area contributed by atoms with Crippen LogP contribution in [0.1, 0.15) is 17.8 Å². The van der Waals surface area contributed by atoms with Gasteiger partial charge in [0.2, 0.25) is 0 Å². The summed E-state index contributed by atoms with van der Waals surface area (Å²) in [5.41, 5.74) is 0. The first kappa shape index (κ1) is 97.6. The molecule has 10 aromatic carbocycles. The van der Waals surface area contributed by atoms with Gasteiger partial charge >= 0.3 is 139 Å². The van der Waals surface area contributed by atoms with Crippen molar-refractivity contribution in [3.05, 3.63) is 242 Å². The first-order valence-corrected chi connectivity index (χ1v) is 42.7. The van der Waals surface area contributed by atoms with Crippen LogP contribution >= 0.6 is 142 Å². The van der Waals surface area contributed by atoms with Crippen LogP contribution in [0, 0.1) is 23.8 Å². The van der Waals surface area contributed by atoms with Crippen LogP contribution in [-0.2, 0) is 70.4 Å². The summed E-state index contributed by atoms with van der Waals surface area (Å²) in [7, 11) is -26.9. The Kier molecular flexibility index (Phi) is 49.5. The van der Waals surface area contributed by atoms with Crippen molar-refractivity contribution in [1.82, 2.24) is 0 Å². The average Bonchev–Trinajstić information content (AvgIpc) is 0.786. The van der Waals surface area contributed by atoms with E-state index in [1.807, 2.05) is 127 Å². The van der Waals surface area contributed by atoms with Crippen LogP contribution in [-0.4, -0.2) is 72.5 Å². The van der Waals surface area contributed by atoms with Crippen molar-refractivity contribution in [1.29, 1.82) is 4.50 Å². The monoisotopic (exact) mass is 1820 g/mol. The van der Waals surface area contributed by atoms with Crippen molar-refractivity contribution in [2.24, 2.45) is 0 Å². The van der Waals surface area contributed by atoms with Gasteiger partial charge in [0, 0.05) is 72.4 Å². The zero-order chi connectivity index (χ0) is 78.4. The summed E-state index contributed by atoms with van der Waals surface area (Å²) < 4.78 is 243. The first-order valence-electron chi connectivity index (χ1n) is 28.3. The van der Waals surface area contributed by atoms with E-state index in [-0.39, 0.29) is 166 Å². The van der Waals surface area contributed by atoms with E-state index in [0.717, 1.165) is 86.2 Å². The van der Waals surface area contributed by atoms with Gasteiger partial charge in [-0.05, 0) is 192 Å². The fraction of sp³-hybridized carbons (Fsp3) is 0.0323. The Balaban J connectivity index is -0.000000760. The number of benzene rings is 10. The largest absolute Gasteiger partial charge is 1.00 e. The Bertz CT molecular complexity index is 5200. The molecule has 0 saturated carbocycles. The second-order valence-corrected chi connectivity index (χ2v) is 36.6. The molecule has 0 N–H and O–H groups in total. The number of hydrogen-bond acceptors (Lipinski definition) is 25. The molecular formula is C62H56F3Na4O16PS18. The topological polar surface area (TPSA) is 285 Å². The van der Waals surface area contributed by atoms with Crippen molar-refractivity contribution in [2.45, 2.75) is 113 Å². The Morgan fingerprint density at radius 1 is 0.471 bits per heavy atom. The van der Waals surface area contributed by atoms with E-state index in [9.17, 15) is 55.4 Å². The van der Waals surface area contributed by atoms with Gasteiger partial charge in [0.25, 0.3) is 0 Å². The maximum atomic E-state index is 13.5. The third-order valence-electron chi connectivity index (χ3n) is 11.3. The Hall–Kier alpha value is -0.550. The molecule has 104 heavy (non-hydrogen) atoms. The number of rotatable bonds is 16. The minimum atomic E-state index is -5.16. The van der Waals surface area contributed by atoms with E-state index >= 15 is 0 Å². The van der Waals surface area contributed by atoms with Crippen LogP contribution in [0.5, 0.6) is 0 Å². The molecule has 0 heterocycles. The van der Waals surface area contributed by atoms with Gasteiger partial charge in [-0.1, -0.05) is 79.2 Å². The van der Waals surface area contributed by atoms with Gasteiger partial charge in [0.1, 0.15) is 28.3 Å². The van der Waals surface area contributed by atoms with Crippen molar-refractivity contribution < 1.29 is 202 Å². The summed E-state index contributed by atoms with van der Waals surface area (Å²) >= 11 is 27.8. The molecule has 0 atom stereocenters. The van der Waals surface area contributed by atoms with E-state index in [4.69, 9.17) is 32.7 Å². The summed E-state index contributed by atoms with van der Waals surface area (Å²) in [4.78, 5) is 9.69. The second-order valence-electron chi connectivity index (χ2n) is 18.0. The van der Waals surface area contributed by atoms with Gasteiger partial charge in [0.15, 0.2) is 19.7 Å². The molecule has 0 fully saturated rings. The van der Waals surface area contributed by atoms with Gasteiger partial charge < -0.3 is 9.11 Å². The van der Waals surface area contributed by atoms with Crippen molar-refractivity contribution in [3.8, 4) is 0 Å². The van der Waals surface area contributed by atoms with Gasteiger partial charge in [0.05, 0.1) is 21.8 Å². The first-order chi connectivity index (χ1) is 48.4. The van der Waals surface area contributed by atoms with E-state index in [2.05, 4.69) is 101 Å². The molecular weight excluding hydrogens is 1760 g/mol. The maximum Gasteiger partial charge on any atom is 1.00 e. The number of thiol groups is 5. The van der Waals surface area contributed by atoms with Crippen LogP contribution in [0.4, 0.5) is 12.7 Å². The Morgan fingerprint density at radius 2 is 0.721 bits per heavy atom. The third-order valence-corrected chi connectivity index (χ3v) is 22.9. The molecule has 0 unspecified atom stereocenters. The smallest absolute Gasteiger partial charge is 0.744 e. The molecule has 42 heteroatoms. The predicted octanol–water partition coefficient (Wildman–Crippen LogP) is 4.82. The number of halogens is 3. The van der Waals surface area contributed by atoms with E-state index < -0.39 is 96.7 Å².